The van der Waals surface area contributed by atoms with Gasteiger partial charge in [-0.1, -0.05) is 35.3 Å². The van der Waals surface area contributed by atoms with E-state index in [1.807, 2.05) is 24.3 Å². The van der Waals surface area contributed by atoms with Crippen LogP contribution in [-0.2, 0) is 11.3 Å². The summed E-state index contributed by atoms with van der Waals surface area (Å²) in [6.07, 6.45) is 5.40. The van der Waals surface area contributed by atoms with Gasteiger partial charge in [0.25, 0.3) is 0 Å². The van der Waals surface area contributed by atoms with Crippen LogP contribution in [0.2, 0.25) is 10.2 Å². The summed E-state index contributed by atoms with van der Waals surface area (Å²) in [4.78, 5) is 30.1. The standard InChI is InChI=1S/C21H23Cl2N7O/c1-28-8-9-30(19-11-18(23)26-21(27-19)29-7-6-24-14-29)17(13-28)10-20(31)25-12-15-2-4-16(22)5-3-15/h2-7,11,14,17H,8-10,12-13H2,1H3,(H,25,31). The normalized spacial score (nSPS) is 17.0. The highest BCUT2D eigenvalue weighted by atomic mass is 35.5. The highest BCUT2D eigenvalue weighted by molar-refractivity contribution is 6.30. The first kappa shape index (κ1) is 21.5. The molecular weight excluding hydrogens is 437 g/mol. The number of rotatable bonds is 6. The van der Waals surface area contributed by atoms with Gasteiger partial charge in [-0.25, -0.2) is 9.97 Å². The Bertz CT molecular complexity index is 1030. The molecule has 3 heterocycles. The molecule has 1 saturated heterocycles. The van der Waals surface area contributed by atoms with E-state index >= 15 is 0 Å². The van der Waals surface area contributed by atoms with Crippen LogP contribution in [0.5, 0.6) is 0 Å². The van der Waals surface area contributed by atoms with Crippen LogP contribution in [0.1, 0.15) is 12.0 Å². The Hall–Kier alpha value is -2.68. The molecule has 0 bridgehead atoms. The SMILES string of the molecule is CN1CCN(c2cc(Cl)nc(-n3ccnc3)n2)C(CC(=O)NCc2ccc(Cl)cc2)C1. The van der Waals surface area contributed by atoms with Crippen LogP contribution < -0.4 is 10.2 Å². The fraction of sp³-hybridized carbons (Fsp3) is 0.333. The first-order valence-corrected chi connectivity index (χ1v) is 10.7. The number of benzene rings is 1. The van der Waals surface area contributed by atoms with Crippen LogP contribution in [0.3, 0.4) is 0 Å². The molecule has 0 radical (unpaired) electrons. The third-order valence-corrected chi connectivity index (χ3v) is 5.65. The second-order valence-corrected chi connectivity index (χ2v) is 8.36. The molecule has 1 N–H and O–H groups in total. The maximum Gasteiger partial charge on any atom is 0.238 e. The van der Waals surface area contributed by atoms with E-state index in [0.717, 1.165) is 25.2 Å². The molecule has 0 saturated carbocycles. The monoisotopic (exact) mass is 459 g/mol. The molecule has 1 aromatic carbocycles. The molecule has 1 fully saturated rings. The molecule has 0 spiro atoms. The fourth-order valence-electron chi connectivity index (χ4n) is 3.61. The van der Waals surface area contributed by atoms with Crippen molar-refractivity contribution in [1.82, 2.24) is 29.7 Å². The highest BCUT2D eigenvalue weighted by Crippen LogP contribution is 2.23. The molecule has 1 unspecified atom stereocenters. The maximum absolute atomic E-state index is 12.7. The van der Waals surface area contributed by atoms with Gasteiger partial charge in [-0.3, -0.25) is 9.36 Å². The van der Waals surface area contributed by atoms with Crippen molar-refractivity contribution < 1.29 is 4.79 Å². The van der Waals surface area contributed by atoms with Gasteiger partial charge in [-0.15, -0.1) is 0 Å². The van der Waals surface area contributed by atoms with Crippen LogP contribution in [-0.4, -0.2) is 63.0 Å². The van der Waals surface area contributed by atoms with Crippen LogP contribution in [0.25, 0.3) is 5.95 Å². The minimum absolute atomic E-state index is 0.0183. The predicted molar refractivity (Wildman–Crippen MR) is 121 cm³/mol. The number of amides is 1. The molecule has 2 aromatic heterocycles. The maximum atomic E-state index is 12.7. The quantitative estimate of drug-likeness (QED) is 0.570. The molecule has 1 atom stereocenters. The van der Waals surface area contributed by atoms with Gasteiger partial charge in [-0.05, 0) is 24.7 Å². The summed E-state index contributed by atoms with van der Waals surface area (Å²) in [5, 5.41) is 4.02. The average molecular weight is 460 g/mol. The Kier molecular flexibility index (Phi) is 6.70. The molecule has 162 valence electrons. The van der Waals surface area contributed by atoms with E-state index in [1.54, 1.807) is 29.4 Å². The van der Waals surface area contributed by atoms with Gasteiger partial charge in [0.1, 0.15) is 17.3 Å². The zero-order valence-electron chi connectivity index (χ0n) is 17.1. The van der Waals surface area contributed by atoms with Crippen molar-refractivity contribution in [2.45, 2.75) is 19.0 Å². The minimum Gasteiger partial charge on any atom is -0.352 e. The number of carbonyl (C=O) groups is 1. The summed E-state index contributed by atoms with van der Waals surface area (Å²) < 4.78 is 1.71. The number of piperazine rings is 1. The van der Waals surface area contributed by atoms with Crippen LogP contribution >= 0.6 is 23.2 Å². The number of carbonyl (C=O) groups excluding carboxylic acids is 1. The van der Waals surface area contributed by atoms with Crippen molar-refractivity contribution in [2.24, 2.45) is 0 Å². The van der Waals surface area contributed by atoms with E-state index in [1.165, 1.54) is 0 Å². The topological polar surface area (TPSA) is 79.2 Å². The van der Waals surface area contributed by atoms with Gasteiger partial charge >= 0.3 is 0 Å². The van der Waals surface area contributed by atoms with Gasteiger partial charge in [-0.2, -0.15) is 4.98 Å². The molecule has 31 heavy (non-hydrogen) atoms. The van der Waals surface area contributed by atoms with Crippen molar-refractivity contribution >= 4 is 34.9 Å². The van der Waals surface area contributed by atoms with Crippen molar-refractivity contribution in [1.29, 1.82) is 0 Å². The zero-order valence-corrected chi connectivity index (χ0v) is 18.6. The Labute approximate surface area is 190 Å². The largest absolute Gasteiger partial charge is 0.352 e. The van der Waals surface area contributed by atoms with Gasteiger partial charge in [0.05, 0.1) is 6.04 Å². The molecule has 4 rings (SSSR count). The Morgan fingerprint density at radius 3 is 2.74 bits per heavy atom. The highest BCUT2D eigenvalue weighted by Gasteiger charge is 2.29. The van der Waals surface area contributed by atoms with E-state index in [-0.39, 0.29) is 11.9 Å². The second kappa shape index (κ2) is 9.64. The lowest BCUT2D eigenvalue weighted by Gasteiger charge is -2.40. The number of likely N-dealkylation sites (N-methyl/N-ethyl adjacent to an activating group) is 1. The first-order chi connectivity index (χ1) is 15.0. The third kappa shape index (κ3) is 5.52. The number of hydrogen-bond donors (Lipinski definition) is 1. The van der Waals surface area contributed by atoms with Crippen molar-refractivity contribution in [3.63, 3.8) is 0 Å². The molecule has 10 heteroatoms. The van der Waals surface area contributed by atoms with Crippen molar-refractivity contribution in [2.75, 3.05) is 31.6 Å². The molecule has 3 aromatic rings. The molecule has 1 aliphatic heterocycles. The summed E-state index contributed by atoms with van der Waals surface area (Å²) in [5.74, 6) is 1.13. The van der Waals surface area contributed by atoms with Gasteiger partial charge < -0.3 is 15.1 Å². The molecular formula is C21H23Cl2N7O. The minimum atomic E-state index is -0.0365. The van der Waals surface area contributed by atoms with Crippen molar-refractivity contribution in [3.05, 3.63) is 64.8 Å². The van der Waals surface area contributed by atoms with Crippen LogP contribution in [0.4, 0.5) is 5.82 Å². The average Bonchev–Trinajstić information content (AvgIpc) is 3.28. The Morgan fingerprint density at radius 2 is 2.00 bits per heavy atom. The van der Waals surface area contributed by atoms with Gasteiger partial charge in [0, 0.05) is 56.1 Å². The smallest absolute Gasteiger partial charge is 0.238 e. The van der Waals surface area contributed by atoms with E-state index in [4.69, 9.17) is 23.2 Å². The van der Waals surface area contributed by atoms with E-state index in [9.17, 15) is 4.79 Å². The number of hydrogen-bond acceptors (Lipinski definition) is 6. The number of aromatic nitrogens is 4. The number of nitrogens with one attached hydrogen (secondary N) is 1. The van der Waals surface area contributed by atoms with E-state index in [2.05, 4.69) is 37.1 Å². The number of anilines is 1. The van der Waals surface area contributed by atoms with Crippen molar-refractivity contribution in [3.8, 4) is 5.95 Å². The van der Waals surface area contributed by atoms with Crippen LogP contribution in [0, 0.1) is 0 Å². The Morgan fingerprint density at radius 1 is 1.19 bits per heavy atom. The lowest BCUT2D eigenvalue weighted by atomic mass is 10.1. The van der Waals surface area contributed by atoms with Crippen LogP contribution in [0.15, 0.2) is 49.1 Å². The first-order valence-electron chi connectivity index (χ1n) is 9.97. The molecule has 1 amide bonds. The summed E-state index contributed by atoms with van der Waals surface area (Å²) in [6.45, 7) is 2.81. The van der Waals surface area contributed by atoms with E-state index in [0.29, 0.717) is 34.9 Å². The summed E-state index contributed by atoms with van der Waals surface area (Å²) >= 11 is 12.2. The zero-order chi connectivity index (χ0) is 21.8. The lowest BCUT2D eigenvalue weighted by Crippen LogP contribution is -2.53. The lowest BCUT2D eigenvalue weighted by molar-refractivity contribution is -0.121. The van der Waals surface area contributed by atoms with Gasteiger partial charge in [0.15, 0.2) is 0 Å². The molecule has 1 aliphatic rings. The van der Waals surface area contributed by atoms with Gasteiger partial charge in [0.2, 0.25) is 11.9 Å². The molecule has 8 nitrogen and oxygen atoms in total. The summed E-state index contributed by atoms with van der Waals surface area (Å²) in [6, 6.07) is 9.15. The summed E-state index contributed by atoms with van der Waals surface area (Å²) in [7, 11) is 2.06. The number of halogens is 2. The third-order valence-electron chi connectivity index (χ3n) is 5.21. The number of imidazole rings is 1. The predicted octanol–water partition coefficient (Wildman–Crippen LogP) is 2.80. The molecule has 0 aliphatic carbocycles. The summed E-state index contributed by atoms with van der Waals surface area (Å²) in [5.41, 5.74) is 1.00. The van der Waals surface area contributed by atoms with E-state index < -0.39 is 0 Å². The fourth-order valence-corrected chi connectivity index (χ4v) is 3.91. The second-order valence-electron chi connectivity index (χ2n) is 7.54. The number of nitrogens with zero attached hydrogens (tertiary/aromatic N) is 6. The Balaban J connectivity index is 1.48.